The molecule has 2 N–H and O–H groups in total. The first-order chi connectivity index (χ1) is 10.6. The van der Waals surface area contributed by atoms with Crippen molar-refractivity contribution in [3.63, 3.8) is 0 Å². The highest BCUT2D eigenvalue weighted by molar-refractivity contribution is 5.69. The summed E-state index contributed by atoms with van der Waals surface area (Å²) in [7, 11) is 0. The van der Waals surface area contributed by atoms with Crippen molar-refractivity contribution < 1.29 is 26.3 Å². The van der Waals surface area contributed by atoms with E-state index in [1.807, 2.05) is 0 Å². The van der Waals surface area contributed by atoms with Crippen LogP contribution in [0.2, 0.25) is 0 Å². The van der Waals surface area contributed by atoms with Crippen LogP contribution < -0.4 is 5.73 Å². The Kier molecular flexibility index (Phi) is 4.70. The third kappa shape index (κ3) is 4.04. The Balaban J connectivity index is 2.60. The van der Waals surface area contributed by atoms with Crippen LogP contribution in [0.3, 0.4) is 0 Å². The highest BCUT2D eigenvalue weighted by Gasteiger charge is 2.32. The lowest BCUT2D eigenvalue weighted by molar-refractivity contribution is -0.138. The van der Waals surface area contributed by atoms with Crippen molar-refractivity contribution in [1.82, 2.24) is 0 Å². The topological polar surface area (TPSA) is 26.0 Å². The van der Waals surface area contributed by atoms with Crippen molar-refractivity contribution in [2.45, 2.75) is 18.8 Å². The highest BCUT2D eigenvalue weighted by Crippen LogP contribution is 2.36. The molecular weight excluding hydrogens is 320 g/mol. The van der Waals surface area contributed by atoms with Gasteiger partial charge in [0.15, 0.2) is 0 Å². The van der Waals surface area contributed by atoms with Crippen molar-refractivity contribution in [2.24, 2.45) is 5.73 Å². The van der Waals surface area contributed by atoms with Crippen LogP contribution >= 0.6 is 0 Å². The van der Waals surface area contributed by atoms with E-state index in [-0.39, 0.29) is 24.1 Å². The van der Waals surface area contributed by atoms with E-state index in [0.29, 0.717) is 5.56 Å². The fourth-order valence-corrected chi connectivity index (χ4v) is 2.26. The van der Waals surface area contributed by atoms with Crippen LogP contribution in [0.4, 0.5) is 26.3 Å². The molecule has 23 heavy (non-hydrogen) atoms. The zero-order chi connectivity index (χ0) is 17.3. The van der Waals surface area contributed by atoms with E-state index in [2.05, 4.69) is 0 Å². The SMILES string of the molecule is NCCc1ccc(C(F)(F)F)cc1-c1cccc(C(F)(F)F)c1. The van der Waals surface area contributed by atoms with E-state index in [0.717, 1.165) is 24.3 Å². The van der Waals surface area contributed by atoms with Crippen molar-refractivity contribution in [3.8, 4) is 11.1 Å². The van der Waals surface area contributed by atoms with Crippen LogP contribution in [-0.4, -0.2) is 6.54 Å². The van der Waals surface area contributed by atoms with Gasteiger partial charge in [-0.1, -0.05) is 18.2 Å². The number of alkyl halides is 6. The van der Waals surface area contributed by atoms with Gasteiger partial charge in [0, 0.05) is 0 Å². The largest absolute Gasteiger partial charge is 0.416 e. The summed E-state index contributed by atoms with van der Waals surface area (Å²) in [6.07, 6.45) is -8.87. The molecule has 2 aromatic rings. The number of hydrogen-bond donors (Lipinski definition) is 1. The van der Waals surface area contributed by atoms with Gasteiger partial charge in [-0.25, -0.2) is 0 Å². The summed E-state index contributed by atoms with van der Waals surface area (Å²) in [6.45, 7) is 0.178. The molecule has 2 rings (SSSR count). The summed E-state index contributed by atoms with van der Waals surface area (Å²) in [5.74, 6) is 0. The maximum atomic E-state index is 12.9. The summed E-state index contributed by atoms with van der Waals surface area (Å²) >= 11 is 0. The van der Waals surface area contributed by atoms with Crippen molar-refractivity contribution in [1.29, 1.82) is 0 Å². The molecule has 0 atom stereocenters. The molecule has 0 saturated carbocycles. The molecule has 0 aliphatic carbocycles. The van der Waals surface area contributed by atoms with E-state index in [1.54, 1.807) is 0 Å². The Hall–Kier alpha value is -2.02. The Morgan fingerprint density at radius 3 is 1.96 bits per heavy atom. The molecule has 124 valence electrons. The minimum atomic E-state index is -4.57. The maximum absolute atomic E-state index is 12.9. The summed E-state index contributed by atoms with van der Waals surface area (Å²) in [5.41, 5.74) is 4.26. The third-order valence-electron chi connectivity index (χ3n) is 3.35. The van der Waals surface area contributed by atoms with Gasteiger partial charge in [0.1, 0.15) is 0 Å². The van der Waals surface area contributed by atoms with Crippen molar-refractivity contribution in [3.05, 3.63) is 59.2 Å². The molecule has 0 saturated heterocycles. The predicted molar refractivity (Wildman–Crippen MR) is 74.6 cm³/mol. The van der Waals surface area contributed by atoms with E-state index < -0.39 is 23.5 Å². The Morgan fingerprint density at radius 2 is 1.39 bits per heavy atom. The lowest BCUT2D eigenvalue weighted by Crippen LogP contribution is -2.09. The molecule has 0 unspecified atom stereocenters. The van der Waals surface area contributed by atoms with Gasteiger partial charge >= 0.3 is 12.4 Å². The fourth-order valence-electron chi connectivity index (χ4n) is 2.26. The molecule has 0 amide bonds. The van der Waals surface area contributed by atoms with Gasteiger partial charge in [-0.15, -0.1) is 0 Å². The van der Waals surface area contributed by atoms with Gasteiger partial charge in [-0.3, -0.25) is 0 Å². The first kappa shape index (κ1) is 17.3. The van der Waals surface area contributed by atoms with Gasteiger partial charge in [0.25, 0.3) is 0 Å². The van der Waals surface area contributed by atoms with Gasteiger partial charge in [-0.05, 0) is 53.9 Å². The van der Waals surface area contributed by atoms with Gasteiger partial charge in [0.2, 0.25) is 0 Å². The number of benzene rings is 2. The minimum Gasteiger partial charge on any atom is -0.330 e. The van der Waals surface area contributed by atoms with Crippen molar-refractivity contribution >= 4 is 0 Å². The molecule has 0 bridgehead atoms. The molecule has 0 spiro atoms. The third-order valence-corrected chi connectivity index (χ3v) is 3.35. The summed E-state index contributed by atoms with van der Waals surface area (Å²) in [4.78, 5) is 0. The lowest BCUT2D eigenvalue weighted by Gasteiger charge is -2.15. The molecule has 0 aliphatic heterocycles. The zero-order valence-corrected chi connectivity index (χ0v) is 11.8. The summed E-state index contributed by atoms with van der Waals surface area (Å²) in [6, 6.07) is 7.26. The smallest absolute Gasteiger partial charge is 0.330 e. The average Bonchev–Trinajstić information content (AvgIpc) is 2.46. The number of nitrogens with two attached hydrogens (primary N) is 1. The first-order valence-corrected chi connectivity index (χ1v) is 6.71. The Bertz CT molecular complexity index is 688. The molecule has 0 fully saturated rings. The molecule has 1 nitrogen and oxygen atoms in total. The van der Waals surface area contributed by atoms with Crippen LogP contribution in [0.25, 0.3) is 11.1 Å². The van der Waals surface area contributed by atoms with Crippen LogP contribution in [0.15, 0.2) is 42.5 Å². The molecule has 2 aromatic carbocycles. The van der Waals surface area contributed by atoms with Gasteiger partial charge in [-0.2, -0.15) is 26.3 Å². The molecule has 0 radical (unpaired) electrons. The minimum absolute atomic E-state index is 0.0781. The second kappa shape index (κ2) is 6.23. The second-order valence-corrected chi connectivity index (χ2v) is 4.99. The van der Waals surface area contributed by atoms with Crippen LogP contribution in [-0.2, 0) is 18.8 Å². The van der Waals surface area contributed by atoms with E-state index in [4.69, 9.17) is 5.73 Å². The Labute approximate surface area is 128 Å². The maximum Gasteiger partial charge on any atom is 0.416 e. The average molecular weight is 333 g/mol. The number of rotatable bonds is 3. The number of hydrogen-bond acceptors (Lipinski definition) is 1. The van der Waals surface area contributed by atoms with E-state index in [1.165, 1.54) is 18.2 Å². The van der Waals surface area contributed by atoms with Crippen LogP contribution in [0.5, 0.6) is 0 Å². The fraction of sp³-hybridized carbons (Fsp3) is 0.250. The monoisotopic (exact) mass is 333 g/mol. The Morgan fingerprint density at radius 1 is 0.783 bits per heavy atom. The van der Waals surface area contributed by atoms with Crippen molar-refractivity contribution in [2.75, 3.05) is 6.54 Å². The predicted octanol–water partition coefficient (Wildman–Crippen LogP) is 4.89. The lowest BCUT2D eigenvalue weighted by atomic mass is 9.94. The molecular formula is C16H13F6N. The van der Waals surface area contributed by atoms with Gasteiger partial charge in [0.05, 0.1) is 11.1 Å². The normalized spacial score (nSPS) is 12.5. The van der Waals surface area contributed by atoms with Crippen LogP contribution in [0, 0.1) is 0 Å². The quantitative estimate of drug-likeness (QED) is 0.795. The number of halogens is 6. The first-order valence-electron chi connectivity index (χ1n) is 6.71. The van der Waals surface area contributed by atoms with Gasteiger partial charge < -0.3 is 5.73 Å². The van der Waals surface area contributed by atoms with E-state index >= 15 is 0 Å². The molecule has 0 aliphatic rings. The second-order valence-electron chi connectivity index (χ2n) is 4.99. The van der Waals surface area contributed by atoms with E-state index in [9.17, 15) is 26.3 Å². The molecule has 0 heterocycles. The molecule has 7 heteroatoms. The molecule has 0 aromatic heterocycles. The summed E-state index contributed by atoms with van der Waals surface area (Å²) < 4.78 is 77.0. The standard InChI is InChI=1S/C16H13F6N/c17-15(18,19)12-3-1-2-11(8-12)14-9-13(16(20,21)22)5-4-10(14)6-7-23/h1-5,8-9H,6-7,23H2. The van der Waals surface area contributed by atoms with Crippen LogP contribution in [0.1, 0.15) is 16.7 Å². The zero-order valence-electron chi connectivity index (χ0n) is 11.8. The summed E-state index contributed by atoms with van der Waals surface area (Å²) in [5, 5.41) is 0. The highest BCUT2D eigenvalue weighted by atomic mass is 19.4.